The Kier molecular flexibility index (Phi) is 3.26. The van der Waals surface area contributed by atoms with Crippen LogP contribution in [0.25, 0.3) is 11.3 Å². The van der Waals surface area contributed by atoms with Crippen molar-refractivity contribution in [3.63, 3.8) is 0 Å². The van der Waals surface area contributed by atoms with Gasteiger partial charge in [-0.15, -0.1) is 5.10 Å². The lowest BCUT2D eigenvalue weighted by Crippen LogP contribution is -2.06. The van der Waals surface area contributed by atoms with Crippen LogP contribution in [0, 0.1) is 0 Å². The summed E-state index contributed by atoms with van der Waals surface area (Å²) in [6.45, 7) is 1.60. The van der Waals surface area contributed by atoms with Crippen LogP contribution in [0.5, 0.6) is 5.75 Å². The average Bonchev–Trinajstić information content (AvgIpc) is 2.80. The quantitative estimate of drug-likeness (QED) is 0.813. The third-order valence-corrected chi connectivity index (χ3v) is 2.46. The van der Waals surface area contributed by atoms with Gasteiger partial charge in [-0.1, -0.05) is 4.49 Å². The second-order valence-electron chi connectivity index (χ2n) is 3.31. The minimum Gasteiger partial charge on any atom is -0.486 e. The maximum Gasteiger partial charge on any atom is 0.167 e. The molecule has 2 aromatic rings. The van der Waals surface area contributed by atoms with E-state index in [4.69, 9.17) is 4.74 Å². The number of hydrogen-bond donors (Lipinski definition) is 0. The molecule has 1 heterocycles. The van der Waals surface area contributed by atoms with E-state index < -0.39 is 0 Å². The number of ketones is 1. The summed E-state index contributed by atoms with van der Waals surface area (Å²) in [6.07, 6.45) is 0. The molecule has 82 valence electrons. The highest BCUT2D eigenvalue weighted by atomic mass is 32.1. The molecule has 2 rings (SSSR count). The van der Waals surface area contributed by atoms with Gasteiger partial charge < -0.3 is 4.74 Å². The number of benzene rings is 1. The van der Waals surface area contributed by atoms with E-state index in [0.717, 1.165) is 11.3 Å². The van der Waals surface area contributed by atoms with Crippen molar-refractivity contribution in [3.8, 4) is 17.0 Å². The van der Waals surface area contributed by atoms with Crippen molar-refractivity contribution in [3.05, 3.63) is 29.6 Å². The molecule has 4 nitrogen and oxygen atoms in total. The van der Waals surface area contributed by atoms with E-state index in [9.17, 15) is 4.79 Å². The number of ether oxygens (including phenoxy) is 1. The number of rotatable bonds is 4. The summed E-state index contributed by atoms with van der Waals surface area (Å²) in [5, 5.41) is 5.84. The Bertz CT molecular complexity index is 465. The molecule has 0 unspecified atom stereocenters. The minimum absolute atomic E-state index is 0.00720. The third kappa shape index (κ3) is 2.64. The summed E-state index contributed by atoms with van der Waals surface area (Å²) >= 11 is 1.32. The average molecular weight is 234 g/mol. The van der Waals surface area contributed by atoms with Gasteiger partial charge in [0.1, 0.15) is 18.1 Å². The molecule has 0 amide bonds. The lowest BCUT2D eigenvalue weighted by molar-refractivity contribution is -0.118. The van der Waals surface area contributed by atoms with E-state index in [2.05, 4.69) is 9.59 Å². The number of aromatic nitrogens is 2. The molecule has 1 aromatic heterocycles. The predicted octanol–water partition coefficient (Wildman–Crippen LogP) is 2.17. The molecule has 0 aliphatic heterocycles. The van der Waals surface area contributed by atoms with E-state index in [1.807, 2.05) is 29.6 Å². The Hall–Kier alpha value is -1.75. The van der Waals surface area contributed by atoms with E-state index >= 15 is 0 Å². The van der Waals surface area contributed by atoms with Gasteiger partial charge in [-0.3, -0.25) is 4.79 Å². The molecule has 0 bridgehead atoms. The molecule has 1 aromatic carbocycles. The Labute approximate surface area is 97.0 Å². The molecule has 0 atom stereocenters. The summed E-state index contributed by atoms with van der Waals surface area (Å²) in [6, 6.07) is 7.42. The lowest BCUT2D eigenvalue weighted by Gasteiger charge is -2.03. The summed E-state index contributed by atoms with van der Waals surface area (Å²) < 4.78 is 9.05. The normalized spacial score (nSPS) is 10.1. The van der Waals surface area contributed by atoms with Gasteiger partial charge in [-0.05, 0) is 42.7 Å². The van der Waals surface area contributed by atoms with E-state index in [0.29, 0.717) is 5.75 Å². The summed E-state index contributed by atoms with van der Waals surface area (Å²) in [7, 11) is 0. The van der Waals surface area contributed by atoms with Crippen LogP contribution < -0.4 is 4.74 Å². The lowest BCUT2D eigenvalue weighted by atomic mass is 10.2. The molecule has 0 aliphatic carbocycles. The maximum absolute atomic E-state index is 10.7. The molecule has 0 aliphatic rings. The van der Waals surface area contributed by atoms with Gasteiger partial charge >= 0.3 is 0 Å². The fourth-order valence-corrected chi connectivity index (χ4v) is 1.66. The van der Waals surface area contributed by atoms with Gasteiger partial charge in [-0.25, -0.2) is 0 Å². The summed E-state index contributed by atoms with van der Waals surface area (Å²) in [5.74, 6) is 0.690. The monoisotopic (exact) mass is 234 g/mol. The fourth-order valence-electron chi connectivity index (χ4n) is 1.20. The van der Waals surface area contributed by atoms with Crippen molar-refractivity contribution in [1.82, 2.24) is 9.59 Å². The van der Waals surface area contributed by atoms with Crippen molar-refractivity contribution in [2.24, 2.45) is 0 Å². The number of carbonyl (C=O) groups excluding carboxylic acids is 1. The molecule has 5 heteroatoms. The van der Waals surface area contributed by atoms with Gasteiger partial charge in [0.15, 0.2) is 5.78 Å². The van der Waals surface area contributed by atoms with Crippen LogP contribution in [-0.2, 0) is 4.79 Å². The zero-order chi connectivity index (χ0) is 11.4. The Morgan fingerprint density at radius 3 is 2.69 bits per heavy atom. The van der Waals surface area contributed by atoms with Gasteiger partial charge in [0, 0.05) is 10.9 Å². The smallest absolute Gasteiger partial charge is 0.167 e. The Balaban J connectivity index is 2.08. The molecule has 16 heavy (non-hydrogen) atoms. The summed E-state index contributed by atoms with van der Waals surface area (Å²) in [4.78, 5) is 10.7. The molecular formula is C11H10N2O2S. The first-order valence-electron chi connectivity index (χ1n) is 4.75. The molecular weight excluding hydrogens is 224 g/mol. The summed E-state index contributed by atoms with van der Waals surface area (Å²) in [5.41, 5.74) is 1.84. The molecule has 0 fully saturated rings. The first-order valence-corrected chi connectivity index (χ1v) is 5.59. The molecule has 0 N–H and O–H groups in total. The highest BCUT2D eigenvalue weighted by Gasteiger charge is 2.01. The van der Waals surface area contributed by atoms with Crippen LogP contribution in [0.2, 0.25) is 0 Å². The first kappa shape index (κ1) is 10.8. The number of carbonyl (C=O) groups is 1. The highest BCUT2D eigenvalue weighted by molar-refractivity contribution is 7.03. The van der Waals surface area contributed by atoms with Crippen LogP contribution in [0.1, 0.15) is 6.92 Å². The Morgan fingerprint density at radius 2 is 2.12 bits per heavy atom. The fraction of sp³-hybridized carbons (Fsp3) is 0.182. The van der Waals surface area contributed by atoms with E-state index in [1.165, 1.54) is 18.5 Å². The van der Waals surface area contributed by atoms with Crippen LogP contribution in [0.3, 0.4) is 0 Å². The SMILES string of the molecule is CC(=O)COc1ccc(-c2csnn2)cc1. The minimum atomic E-state index is 0.00720. The van der Waals surface area contributed by atoms with Crippen molar-refractivity contribution in [2.45, 2.75) is 6.92 Å². The van der Waals surface area contributed by atoms with Gasteiger partial charge in [-0.2, -0.15) is 0 Å². The van der Waals surface area contributed by atoms with Crippen molar-refractivity contribution >= 4 is 17.3 Å². The Morgan fingerprint density at radius 1 is 1.38 bits per heavy atom. The highest BCUT2D eigenvalue weighted by Crippen LogP contribution is 2.21. The van der Waals surface area contributed by atoms with Crippen LogP contribution in [0.4, 0.5) is 0 Å². The number of nitrogens with zero attached hydrogens (tertiary/aromatic N) is 2. The zero-order valence-corrected chi connectivity index (χ0v) is 9.53. The zero-order valence-electron chi connectivity index (χ0n) is 8.71. The molecule has 0 saturated heterocycles. The third-order valence-electron chi connectivity index (χ3n) is 1.95. The van der Waals surface area contributed by atoms with Crippen molar-refractivity contribution in [1.29, 1.82) is 0 Å². The molecule has 0 saturated carbocycles. The van der Waals surface area contributed by atoms with Crippen LogP contribution in [-0.4, -0.2) is 22.0 Å². The van der Waals surface area contributed by atoms with Crippen molar-refractivity contribution < 1.29 is 9.53 Å². The topological polar surface area (TPSA) is 52.1 Å². The number of Topliss-reactive ketones (excluding diaryl/α,β-unsaturated/α-hetero) is 1. The second kappa shape index (κ2) is 4.85. The van der Waals surface area contributed by atoms with Crippen LogP contribution in [0.15, 0.2) is 29.6 Å². The molecule has 0 spiro atoms. The van der Waals surface area contributed by atoms with Crippen LogP contribution >= 0.6 is 11.5 Å². The van der Waals surface area contributed by atoms with Gasteiger partial charge in [0.05, 0.1) is 0 Å². The largest absolute Gasteiger partial charge is 0.486 e. The molecule has 0 radical (unpaired) electrons. The predicted molar refractivity (Wildman–Crippen MR) is 61.5 cm³/mol. The van der Waals surface area contributed by atoms with Gasteiger partial charge in [0.25, 0.3) is 0 Å². The van der Waals surface area contributed by atoms with Crippen molar-refractivity contribution in [2.75, 3.05) is 6.61 Å². The van der Waals surface area contributed by atoms with Gasteiger partial charge in [0.2, 0.25) is 0 Å². The maximum atomic E-state index is 10.7. The standard InChI is InChI=1S/C11H10N2O2S/c1-8(14)6-15-10-4-2-9(3-5-10)11-7-16-13-12-11/h2-5,7H,6H2,1H3. The van der Waals surface area contributed by atoms with E-state index in [-0.39, 0.29) is 12.4 Å². The first-order chi connectivity index (χ1) is 7.75. The number of hydrogen-bond acceptors (Lipinski definition) is 5. The second-order valence-corrected chi connectivity index (χ2v) is 3.92. The van der Waals surface area contributed by atoms with E-state index in [1.54, 1.807) is 0 Å².